The van der Waals surface area contributed by atoms with Gasteiger partial charge < -0.3 is 39.6 Å². The number of phenols is 1. The molecular weight excluding hydrogens is 872 g/mol. The van der Waals surface area contributed by atoms with Crippen LogP contribution in [0.2, 0.25) is 0 Å². The summed E-state index contributed by atoms with van der Waals surface area (Å²) in [6.45, 7) is 12.8. The van der Waals surface area contributed by atoms with E-state index < -0.39 is 65.4 Å². The molecule has 4 amide bonds. The second kappa shape index (κ2) is 19.2. The van der Waals surface area contributed by atoms with Crippen LogP contribution in [-0.4, -0.2) is 136 Å². The van der Waals surface area contributed by atoms with Gasteiger partial charge in [-0.3, -0.25) is 34.0 Å². The van der Waals surface area contributed by atoms with Gasteiger partial charge >= 0.3 is 5.97 Å². The third-order valence-corrected chi connectivity index (χ3v) is 13.9. The SMILES string of the molecule is CCn1c(-c2cccnc2[C@H](C)OC)c2c3cc(ccc31)-c1cc(O)cc(c1)C[C@H](NC(=O)[C@H](C(C)C)N(C)C(=O)[C@@]1(F)CCN(C(=O)[C@H]3CN3)C1)C(=O)N1CCC[C@H](N1)C(=O)OCC(C)(C)C2. The van der Waals surface area contributed by atoms with Gasteiger partial charge in [0.15, 0.2) is 0 Å². The number of likely N-dealkylation sites (N-methyl/N-ethyl adjacent to an activating group) is 1. The summed E-state index contributed by atoms with van der Waals surface area (Å²) in [6, 6.07) is 11.5. The number of fused-ring (bicyclic) bond motifs is 6. The molecule has 2 aromatic heterocycles. The van der Waals surface area contributed by atoms with E-state index >= 15 is 4.39 Å². The minimum absolute atomic E-state index is 0.0506. The minimum Gasteiger partial charge on any atom is -0.508 e. The van der Waals surface area contributed by atoms with E-state index in [1.54, 1.807) is 39.3 Å². The van der Waals surface area contributed by atoms with E-state index in [-0.39, 0.29) is 56.3 Å². The largest absolute Gasteiger partial charge is 0.508 e. The number of phenolic OH excluding ortho intramolecular Hbond substituents is 1. The molecule has 4 aliphatic rings. The number of esters is 1. The molecule has 2 aromatic carbocycles. The number of carbonyl (C=O) groups is 5. The highest BCUT2D eigenvalue weighted by Gasteiger charge is 2.51. The molecule has 16 nitrogen and oxygen atoms in total. The van der Waals surface area contributed by atoms with Crippen molar-refractivity contribution in [2.24, 2.45) is 11.3 Å². The van der Waals surface area contributed by atoms with Crippen LogP contribution in [0.25, 0.3) is 33.3 Å². The maximum atomic E-state index is 16.5. The summed E-state index contributed by atoms with van der Waals surface area (Å²) in [4.78, 5) is 77.1. The van der Waals surface area contributed by atoms with Crippen LogP contribution in [0.15, 0.2) is 54.7 Å². The third-order valence-electron chi connectivity index (χ3n) is 13.9. The monoisotopic (exact) mass is 936 g/mol. The molecule has 6 heterocycles. The second-order valence-electron chi connectivity index (χ2n) is 20.1. The van der Waals surface area contributed by atoms with Crippen LogP contribution in [0.4, 0.5) is 4.39 Å². The van der Waals surface area contributed by atoms with E-state index in [9.17, 15) is 29.1 Å². The number of hydrogen-bond acceptors (Lipinski definition) is 11. The number of cyclic esters (lactones) is 1. The fourth-order valence-electron chi connectivity index (χ4n) is 10.3. The Balaban J connectivity index is 1.18. The number of aromatic hydroxyl groups is 1. The van der Waals surface area contributed by atoms with Crippen LogP contribution in [0.1, 0.15) is 83.7 Å². The number of carbonyl (C=O) groups excluding carboxylic acids is 5. The van der Waals surface area contributed by atoms with Crippen molar-refractivity contribution in [3.63, 3.8) is 0 Å². The average molecular weight is 937 g/mol. The smallest absolute Gasteiger partial charge is 0.324 e. The number of aryl methyl sites for hydroxylation is 1. The molecule has 0 aliphatic carbocycles. The van der Waals surface area contributed by atoms with Gasteiger partial charge in [0, 0.05) is 81.3 Å². The Morgan fingerprint density at radius 2 is 1.85 bits per heavy atom. The molecule has 0 radical (unpaired) electrons. The van der Waals surface area contributed by atoms with Crippen molar-refractivity contribution in [3.05, 3.63) is 71.5 Å². The third kappa shape index (κ3) is 9.70. The topological polar surface area (TPSA) is 198 Å². The van der Waals surface area contributed by atoms with Crippen LogP contribution in [0.3, 0.4) is 0 Å². The molecule has 8 rings (SSSR count). The van der Waals surface area contributed by atoms with Crippen LogP contribution in [0, 0.1) is 11.3 Å². The number of nitrogens with zero attached hydrogens (tertiary/aromatic N) is 5. The highest BCUT2D eigenvalue weighted by Crippen LogP contribution is 2.42. The van der Waals surface area contributed by atoms with Crippen LogP contribution in [-0.2, 0) is 52.8 Å². The lowest BCUT2D eigenvalue weighted by atomic mass is 9.84. The van der Waals surface area contributed by atoms with Gasteiger partial charge in [-0.1, -0.05) is 39.8 Å². The Labute approximate surface area is 396 Å². The summed E-state index contributed by atoms with van der Waals surface area (Å²) >= 11 is 0. The fraction of sp³-hybridized carbons (Fsp3) is 0.529. The van der Waals surface area contributed by atoms with Gasteiger partial charge in [0.1, 0.15) is 23.9 Å². The number of hydrogen-bond donors (Lipinski definition) is 4. The predicted octanol–water partition coefficient (Wildman–Crippen LogP) is 4.85. The highest BCUT2D eigenvalue weighted by atomic mass is 19.1. The second-order valence-corrected chi connectivity index (χ2v) is 20.1. The number of pyridine rings is 1. The molecular formula is C51H65FN8O8. The molecule has 0 spiro atoms. The van der Waals surface area contributed by atoms with Gasteiger partial charge in [-0.2, -0.15) is 0 Å². The highest BCUT2D eigenvalue weighted by molar-refractivity contribution is 5.97. The van der Waals surface area contributed by atoms with E-state index in [0.29, 0.717) is 43.5 Å². The van der Waals surface area contributed by atoms with Crippen LogP contribution >= 0.6 is 0 Å². The normalized spacial score (nSPS) is 23.8. The van der Waals surface area contributed by atoms with Gasteiger partial charge in [-0.25, -0.2) is 9.82 Å². The van der Waals surface area contributed by atoms with Crippen molar-refractivity contribution in [2.45, 2.75) is 116 Å². The zero-order chi connectivity index (χ0) is 48.8. The number of amides is 4. The number of halogens is 1. The summed E-state index contributed by atoms with van der Waals surface area (Å²) < 4.78 is 30.7. The van der Waals surface area contributed by atoms with Crippen molar-refractivity contribution in [1.82, 2.24) is 40.4 Å². The molecule has 0 unspecified atom stereocenters. The van der Waals surface area contributed by atoms with Crippen molar-refractivity contribution in [1.29, 1.82) is 0 Å². The molecule has 0 saturated carbocycles. The molecule has 4 aliphatic heterocycles. The number of aromatic nitrogens is 2. The maximum Gasteiger partial charge on any atom is 0.324 e. The fourth-order valence-corrected chi connectivity index (χ4v) is 10.3. The molecule has 4 N–H and O–H groups in total. The quantitative estimate of drug-likeness (QED) is 0.125. The van der Waals surface area contributed by atoms with E-state index in [1.807, 2.05) is 25.1 Å². The number of rotatable bonds is 10. The van der Waals surface area contributed by atoms with Gasteiger partial charge in [0.2, 0.25) is 17.5 Å². The molecule has 68 heavy (non-hydrogen) atoms. The van der Waals surface area contributed by atoms with Crippen LogP contribution in [0.5, 0.6) is 5.75 Å². The van der Waals surface area contributed by atoms with E-state index in [0.717, 1.165) is 43.9 Å². The van der Waals surface area contributed by atoms with Gasteiger partial charge in [-0.15, -0.1) is 0 Å². The average Bonchev–Trinajstić information content (AvgIpc) is 4.03. The first-order valence-electron chi connectivity index (χ1n) is 23.8. The Bertz CT molecular complexity index is 2610. The lowest BCUT2D eigenvalue weighted by Crippen LogP contribution is -2.62. The number of hydrazine groups is 1. The first kappa shape index (κ1) is 48.5. The standard InChI is InChI=1S/C51H65FN8O8/c1-9-59-41-15-14-32-24-36(41)37(44(59)35-12-10-17-53-42(35)30(4)67-8)25-50(5,6)28-68-48(65)38-13-11-18-60(56-38)47(64)39(22-31-20-33(32)23-34(61)21-31)55-45(62)43(29(2)3)57(7)49(66)51(52)16-19-58(27-51)46(63)40-26-54-40/h10,12,14-15,17,20-21,23-24,29-30,38-40,43,54,56,61H,9,11,13,16,18-19,22,25-28H2,1-8H3,(H,55,62)/t30-,38-,39-,40+,43-,51+/m0/s1. The number of nitrogens with one attached hydrogen (secondary N) is 3. The summed E-state index contributed by atoms with van der Waals surface area (Å²) in [7, 11) is 3.03. The number of alkyl halides is 1. The molecule has 364 valence electrons. The predicted molar refractivity (Wildman–Crippen MR) is 254 cm³/mol. The number of benzene rings is 2. The van der Waals surface area contributed by atoms with Crippen molar-refractivity contribution >= 4 is 40.5 Å². The van der Waals surface area contributed by atoms with Crippen LogP contribution < -0.4 is 16.1 Å². The lowest BCUT2D eigenvalue weighted by Gasteiger charge is -2.37. The molecule has 4 aromatic rings. The Morgan fingerprint density at radius 1 is 1.09 bits per heavy atom. The first-order chi connectivity index (χ1) is 32.3. The van der Waals surface area contributed by atoms with Crippen molar-refractivity contribution in [2.75, 3.05) is 46.9 Å². The zero-order valence-electron chi connectivity index (χ0n) is 40.4. The molecule has 6 atom stereocenters. The maximum absolute atomic E-state index is 16.5. The lowest BCUT2D eigenvalue weighted by molar-refractivity contribution is -0.155. The van der Waals surface area contributed by atoms with Gasteiger partial charge in [0.25, 0.3) is 11.8 Å². The molecule has 3 saturated heterocycles. The number of methoxy groups -OCH3 is 1. The zero-order valence-corrected chi connectivity index (χ0v) is 40.4. The summed E-state index contributed by atoms with van der Waals surface area (Å²) in [6.07, 6.45) is 2.57. The van der Waals surface area contributed by atoms with Crippen molar-refractivity contribution < 1.29 is 42.9 Å². The van der Waals surface area contributed by atoms with Gasteiger partial charge in [-0.05, 0) is 97.7 Å². The molecule has 17 heteroatoms. The summed E-state index contributed by atoms with van der Waals surface area (Å²) in [5.41, 5.74) is 6.85. The molecule has 6 bridgehead atoms. The van der Waals surface area contributed by atoms with E-state index in [2.05, 4.69) is 59.6 Å². The summed E-state index contributed by atoms with van der Waals surface area (Å²) in [5.74, 6) is -3.50. The van der Waals surface area contributed by atoms with E-state index in [4.69, 9.17) is 14.5 Å². The molecule has 3 fully saturated rings. The first-order valence-corrected chi connectivity index (χ1v) is 23.8. The van der Waals surface area contributed by atoms with Crippen molar-refractivity contribution in [3.8, 4) is 28.1 Å². The number of likely N-dealkylation sites (tertiary alicyclic amines) is 1. The minimum atomic E-state index is -2.40. The van der Waals surface area contributed by atoms with Gasteiger partial charge in [0.05, 0.1) is 36.7 Å². The van der Waals surface area contributed by atoms with E-state index in [1.165, 1.54) is 17.0 Å². The summed E-state index contributed by atoms with van der Waals surface area (Å²) in [5, 5.41) is 19.5. The number of ether oxygens (including phenoxy) is 2. The Morgan fingerprint density at radius 3 is 2.56 bits per heavy atom. The Hall–Kier alpha value is -5.91. The Kier molecular flexibility index (Phi) is 13.7.